The topological polar surface area (TPSA) is 26.0 Å². The van der Waals surface area contributed by atoms with E-state index in [1.165, 1.54) is 11.6 Å². The highest BCUT2D eigenvalue weighted by Crippen LogP contribution is 2.53. The van der Waals surface area contributed by atoms with Crippen LogP contribution in [0.1, 0.15) is 29.5 Å². The zero-order valence-electron chi connectivity index (χ0n) is 10.1. The fourth-order valence-corrected chi connectivity index (χ4v) is 2.66. The van der Waals surface area contributed by atoms with Gasteiger partial charge in [0.25, 0.3) is 0 Å². The van der Waals surface area contributed by atoms with Gasteiger partial charge in [-0.25, -0.2) is 4.39 Å². The van der Waals surface area contributed by atoms with Crippen molar-refractivity contribution in [2.45, 2.75) is 18.4 Å². The number of hydrogen-bond acceptors (Lipinski definition) is 1. The molecular weight excluding hydrogens is 225 g/mol. The highest BCUT2D eigenvalue weighted by atomic mass is 19.1. The van der Waals surface area contributed by atoms with Crippen molar-refractivity contribution in [1.82, 2.24) is 0 Å². The van der Waals surface area contributed by atoms with Crippen molar-refractivity contribution in [2.75, 3.05) is 0 Å². The minimum Gasteiger partial charge on any atom is -0.324 e. The van der Waals surface area contributed by atoms with Crippen LogP contribution in [0.3, 0.4) is 0 Å². The lowest BCUT2D eigenvalue weighted by atomic mass is 9.99. The molecule has 92 valence electrons. The molecule has 2 heteroatoms. The van der Waals surface area contributed by atoms with E-state index >= 15 is 0 Å². The van der Waals surface area contributed by atoms with Crippen molar-refractivity contribution >= 4 is 0 Å². The minimum atomic E-state index is -0.208. The molecule has 0 amide bonds. The van der Waals surface area contributed by atoms with Crippen molar-refractivity contribution in [3.63, 3.8) is 0 Å². The Morgan fingerprint density at radius 2 is 1.83 bits per heavy atom. The van der Waals surface area contributed by atoms with Crippen molar-refractivity contribution in [3.05, 3.63) is 71.5 Å². The standard InChI is InChI=1S/C16H16FN/c17-13-8-4-7-12(9-13)16(18)15-10-14(15)11-5-2-1-3-6-11/h1-9,14-16H,10,18H2. The fourth-order valence-electron chi connectivity index (χ4n) is 2.66. The SMILES string of the molecule is NC(c1cccc(F)c1)C1CC1c1ccccc1. The lowest BCUT2D eigenvalue weighted by Crippen LogP contribution is -2.13. The van der Waals surface area contributed by atoms with Gasteiger partial charge in [-0.05, 0) is 41.5 Å². The zero-order valence-corrected chi connectivity index (χ0v) is 10.1. The van der Waals surface area contributed by atoms with E-state index in [0.29, 0.717) is 11.8 Å². The van der Waals surface area contributed by atoms with E-state index < -0.39 is 0 Å². The molecule has 0 spiro atoms. The molecular formula is C16H16FN. The summed E-state index contributed by atoms with van der Waals surface area (Å²) in [4.78, 5) is 0. The van der Waals surface area contributed by atoms with E-state index in [9.17, 15) is 4.39 Å². The quantitative estimate of drug-likeness (QED) is 0.872. The van der Waals surface area contributed by atoms with Crippen LogP contribution < -0.4 is 5.73 Å². The van der Waals surface area contributed by atoms with Crippen LogP contribution in [-0.2, 0) is 0 Å². The number of nitrogens with two attached hydrogens (primary N) is 1. The second kappa shape index (κ2) is 4.54. The third-order valence-electron chi connectivity index (χ3n) is 3.76. The molecule has 0 radical (unpaired) electrons. The smallest absolute Gasteiger partial charge is 0.123 e. The first-order valence-electron chi connectivity index (χ1n) is 6.31. The van der Waals surface area contributed by atoms with Crippen LogP contribution >= 0.6 is 0 Å². The Balaban J connectivity index is 1.75. The van der Waals surface area contributed by atoms with E-state index in [-0.39, 0.29) is 11.9 Å². The van der Waals surface area contributed by atoms with Crippen molar-refractivity contribution < 1.29 is 4.39 Å². The number of halogens is 1. The predicted octanol–water partition coefficient (Wildman–Crippen LogP) is 3.63. The van der Waals surface area contributed by atoms with Crippen LogP contribution in [0.5, 0.6) is 0 Å². The van der Waals surface area contributed by atoms with Gasteiger partial charge >= 0.3 is 0 Å². The van der Waals surface area contributed by atoms with E-state index in [1.807, 2.05) is 12.1 Å². The average molecular weight is 241 g/mol. The third-order valence-corrected chi connectivity index (χ3v) is 3.76. The van der Waals surface area contributed by atoms with Gasteiger partial charge in [0.15, 0.2) is 0 Å². The molecule has 1 saturated carbocycles. The molecule has 2 aromatic rings. The van der Waals surface area contributed by atoms with E-state index in [2.05, 4.69) is 24.3 Å². The molecule has 18 heavy (non-hydrogen) atoms. The lowest BCUT2D eigenvalue weighted by Gasteiger charge is -2.12. The first-order chi connectivity index (χ1) is 8.75. The van der Waals surface area contributed by atoms with Gasteiger partial charge in [0.1, 0.15) is 5.82 Å². The Hall–Kier alpha value is -1.67. The Bertz CT molecular complexity index is 538. The molecule has 3 unspecified atom stereocenters. The molecule has 1 aliphatic rings. The van der Waals surface area contributed by atoms with Crippen LogP contribution in [0.2, 0.25) is 0 Å². The highest BCUT2D eigenvalue weighted by Gasteiger charge is 2.42. The molecule has 2 N–H and O–H groups in total. The van der Waals surface area contributed by atoms with Crippen LogP contribution in [0.15, 0.2) is 54.6 Å². The van der Waals surface area contributed by atoms with Crippen molar-refractivity contribution in [2.24, 2.45) is 11.7 Å². The normalized spacial score (nSPS) is 23.7. The zero-order chi connectivity index (χ0) is 12.5. The Kier molecular flexibility index (Phi) is 2.88. The second-order valence-electron chi connectivity index (χ2n) is 5.00. The molecule has 1 fully saturated rings. The maximum absolute atomic E-state index is 13.2. The monoisotopic (exact) mass is 241 g/mol. The lowest BCUT2D eigenvalue weighted by molar-refractivity contribution is 0.593. The first-order valence-corrected chi connectivity index (χ1v) is 6.31. The summed E-state index contributed by atoms with van der Waals surface area (Å²) in [5.74, 6) is 0.763. The molecule has 0 heterocycles. The molecule has 0 aromatic heterocycles. The molecule has 1 aliphatic carbocycles. The largest absolute Gasteiger partial charge is 0.324 e. The molecule has 0 aliphatic heterocycles. The summed E-state index contributed by atoms with van der Waals surface area (Å²) in [6.45, 7) is 0. The second-order valence-corrected chi connectivity index (χ2v) is 5.00. The number of benzene rings is 2. The van der Waals surface area contributed by atoms with Crippen LogP contribution in [0, 0.1) is 11.7 Å². The maximum Gasteiger partial charge on any atom is 0.123 e. The summed E-state index contributed by atoms with van der Waals surface area (Å²) >= 11 is 0. The van der Waals surface area contributed by atoms with Gasteiger partial charge in [0.2, 0.25) is 0 Å². The molecule has 3 atom stereocenters. The summed E-state index contributed by atoms with van der Waals surface area (Å²) in [5.41, 5.74) is 8.47. The van der Waals surface area contributed by atoms with Gasteiger partial charge in [-0.15, -0.1) is 0 Å². The van der Waals surface area contributed by atoms with Gasteiger partial charge < -0.3 is 5.73 Å². The Morgan fingerprint density at radius 3 is 2.56 bits per heavy atom. The van der Waals surface area contributed by atoms with E-state index in [1.54, 1.807) is 12.1 Å². The van der Waals surface area contributed by atoms with Crippen LogP contribution in [0.4, 0.5) is 4.39 Å². The van der Waals surface area contributed by atoms with Crippen molar-refractivity contribution in [1.29, 1.82) is 0 Å². The summed E-state index contributed by atoms with van der Waals surface area (Å²) in [6.07, 6.45) is 1.10. The molecule has 0 saturated heterocycles. The van der Waals surface area contributed by atoms with Crippen LogP contribution in [0.25, 0.3) is 0 Å². The van der Waals surface area contributed by atoms with Gasteiger partial charge in [0, 0.05) is 6.04 Å². The van der Waals surface area contributed by atoms with Gasteiger partial charge in [-0.1, -0.05) is 42.5 Å². The summed E-state index contributed by atoms with van der Waals surface area (Å²) in [7, 11) is 0. The van der Waals surface area contributed by atoms with Crippen LogP contribution in [-0.4, -0.2) is 0 Å². The molecule has 0 bridgehead atoms. The Morgan fingerprint density at radius 1 is 1.06 bits per heavy atom. The predicted molar refractivity (Wildman–Crippen MR) is 70.6 cm³/mol. The number of hydrogen-bond donors (Lipinski definition) is 1. The highest BCUT2D eigenvalue weighted by molar-refractivity contribution is 5.30. The molecule has 3 rings (SSSR count). The summed E-state index contributed by atoms with van der Waals surface area (Å²) in [6, 6.07) is 17.0. The third kappa shape index (κ3) is 2.16. The maximum atomic E-state index is 13.2. The van der Waals surface area contributed by atoms with Gasteiger partial charge in [0.05, 0.1) is 0 Å². The average Bonchev–Trinajstić information content (AvgIpc) is 3.19. The summed E-state index contributed by atoms with van der Waals surface area (Å²) in [5, 5.41) is 0. The van der Waals surface area contributed by atoms with E-state index in [0.717, 1.165) is 12.0 Å². The minimum absolute atomic E-state index is 0.0640. The van der Waals surface area contributed by atoms with Gasteiger partial charge in [-0.3, -0.25) is 0 Å². The summed E-state index contributed by atoms with van der Waals surface area (Å²) < 4.78 is 13.2. The molecule has 2 aromatic carbocycles. The molecule has 1 nitrogen and oxygen atoms in total. The fraction of sp³-hybridized carbons (Fsp3) is 0.250. The Labute approximate surface area is 106 Å². The first kappa shape index (κ1) is 11.4. The number of rotatable bonds is 3. The van der Waals surface area contributed by atoms with Crippen molar-refractivity contribution in [3.8, 4) is 0 Å². The van der Waals surface area contributed by atoms with E-state index in [4.69, 9.17) is 5.73 Å². The van der Waals surface area contributed by atoms with Gasteiger partial charge in [-0.2, -0.15) is 0 Å².